The van der Waals surface area contributed by atoms with Crippen molar-refractivity contribution < 1.29 is 27.4 Å². The minimum atomic E-state index is -4.02. The second-order valence-corrected chi connectivity index (χ2v) is 9.37. The lowest BCUT2D eigenvalue weighted by Crippen LogP contribution is -2.40. The Bertz CT molecular complexity index is 1250. The number of carbonyl (C=O) groups is 1. The van der Waals surface area contributed by atoms with E-state index in [0.29, 0.717) is 42.8 Å². The summed E-state index contributed by atoms with van der Waals surface area (Å²) in [5.74, 6) is 1.23. The molecule has 4 rings (SSSR count). The molecule has 0 saturated carbocycles. The van der Waals surface area contributed by atoms with Crippen LogP contribution in [0.3, 0.4) is 0 Å². The average molecular weight is 483 g/mol. The van der Waals surface area contributed by atoms with Crippen molar-refractivity contribution in [3.63, 3.8) is 0 Å². The lowest BCUT2D eigenvalue weighted by Gasteiger charge is -2.26. The van der Waals surface area contributed by atoms with Gasteiger partial charge in [0.15, 0.2) is 11.5 Å². The van der Waals surface area contributed by atoms with Crippen LogP contribution in [-0.2, 0) is 21.4 Å². The number of ether oxygens (including phenoxy) is 3. The van der Waals surface area contributed by atoms with E-state index >= 15 is 0 Å². The number of benzene rings is 3. The van der Waals surface area contributed by atoms with Crippen molar-refractivity contribution in [3.05, 3.63) is 78.4 Å². The Kier molecular flexibility index (Phi) is 7.22. The van der Waals surface area contributed by atoms with Gasteiger partial charge in [-0.1, -0.05) is 30.3 Å². The zero-order valence-corrected chi connectivity index (χ0v) is 19.6. The van der Waals surface area contributed by atoms with E-state index in [1.165, 1.54) is 12.1 Å². The standard InChI is InChI=1S/C25H26N2O6S/c1-2-31-21-8-6-7-19(15-21)17-26-25(28)18-27(34(29,30)22-9-4-3-5-10-22)20-11-12-23-24(16-20)33-14-13-32-23/h3-12,15-16H,2,13-14,17-18H2,1H3,(H,26,28). The summed E-state index contributed by atoms with van der Waals surface area (Å²) in [6.07, 6.45) is 0. The van der Waals surface area contributed by atoms with Crippen molar-refractivity contribution in [1.82, 2.24) is 5.32 Å². The van der Waals surface area contributed by atoms with Gasteiger partial charge >= 0.3 is 0 Å². The van der Waals surface area contributed by atoms with Crippen molar-refractivity contribution in [1.29, 1.82) is 0 Å². The van der Waals surface area contributed by atoms with E-state index in [0.717, 1.165) is 9.87 Å². The summed E-state index contributed by atoms with van der Waals surface area (Å²) in [6, 6.07) is 20.2. The SMILES string of the molecule is CCOc1cccc(CNC(=O)CN(c2ccc3c(c2)OCCO3)S(=O)(=O)c2ccccc2)c1. The van der Waals surface area contributed by atoms with E-state index in [9.17, 15) is 13.2 Å². The van der Waals surface area contributed by atoms with Gasteiger partial charge in [0, 0.05) is 12.6 Å². The molecule has 1 aliphatic rings. The Morgan fingerprint density at radius 1 is 0.971 bits per heavy atom. The van der Waals surface area contributed by atoms with Gasteiger partial charge in [0.1, 0.15) is 25.5 Å². The van der Waals surface area contributed by atoms with Gasteiger partial charge < -0.3 is 19.5 Å². The lowest BCUT2D eigenvalue weighted by molar-refractivity contribution is -0.119. The maximum absolute atomic E-state index is 13.5. The second kappa shape index (κ2) is 10.5. The molecule has 0 fully saturated rings. The quantitative estimate of drug-likeness (QED) is 0.503. The predicted molar refractivity (Wildman–Crippen MR) is 128 cm³/mol. The van der Waals surface area contributed by atoms with Gasteiger partial charge in [-0.15, -0.1) is 0 Å². The van der Waals surface area contributed by atoms with Crippen LogP contribution in [0.15, 0.2) is 77.7 Å². The Hall–Kier alpha value is -3.72. The maximum Gasteiger partial charge on any atom is 0.264 e. The van der Waals surface area contributed by atoms with Crippen LogP contribution >= 0.6 is 0 Å². The van der Waals surface area contributed by atoms with Crippen molar-refractivity contribution in [2.45, 2.75) is 18.4 Å². The van der Waals surface area contributed by atoms with Gasteiger partial charge in [0.05, 0.1) is 17.2 Å². The van der Waals surface area contributed by atoms with Gasteiger partial charge in [0.2, 0.25) is 5.91 Å². The third-order valence-electron chi connectivity index (χ3n) is 5.13. The minimum absolute atomic E-state index is 0.0853. The number of anilines is 1. The maximum atomic E-state index is 13.5. The predicted octanol–water partition coefficient (Wildman–Crippen LogP) is 3.37. The Balaban J connectivity index is 1.57. The van der Waals surface area contributed by atoms with Crippen LogP contribution in [0, 0.1) is 0 Å². The first-order chi connectivity index (χ1) is 16.5. The number of rotatable bonds is 9. The number of nitrogens with zero attached hydrogens (tertiary/aromatic N) is 1. The van der Waals surface area contributed by atoms with Gasteiger partial charge in [-0.25, -0.2) is 8.42 Å². The fourth-order valence-electron chi connectivity index (χ4n) is 3.52. The first-order valence-corrected chi connectivity index (χ1v) is 12.4. The third kappa shape index (κ3) is 5.43. The molecule has 0 unspecified atom stereocenters. The molecular weight excluding hydrogens is 456 g/mol. The molecule has 0 radical (unpaired) electrons. The largest absolute Gasteiger partial charge is 0.494 e. The molecule has 0 saturated heterocycles. The summed E-state index contributed by atoms with van der Waals surface area (Å²) in [5.41, 5.74) is 1.15. The van der Waals surface area contributed by atoms with Crippen molar-refractivity contribution in [2.24, 2.45) is 0 Å². The molecule has 0 spiro atoms. The topological polar surface area (TPSA) is 94.2 Å². The fraction of sp³-hybridized carbons (Fsp3) is 0.240. The van der Waals surface area contributed by atoms with Crippen molar-refractivity contribution in [3.8, 4) is 17.2 Å². The average Bonchev–Trinajstić information content (AvgIpc) is 2.86. The Labute approximate surface area is 199 Å². The molecule has 3 aromatic carbocycles. The zero-order chi connectivity index (χ0) is 24.0. The molecule has 0 aliphatic carbocycles. The van der Waals surface area contributed by atoms with E-state index in [4.69, 9.17) is 14.2 Å². The molecule has 1 heterocycles. The van der Waals surface area contributed by atoms with Crippen LogP contribution < -0.4 is 23.8 Å². The molecule has 3 aromatic rings. The van der Waals surface area contributed by atoms with E-state index in [2.05, 4.69) is 5.32 Å². The third-order valence-corrected chi connectivity index (χ3v) is 6.92. The smallest absolute Gasteiger partial charge is 0.264 e. The number of fused-ring (bicyclic) bond motifs is 1. The highest BCUT2D eigenvalue weighted by Gasteiger charge is 2.28. The normalized spacial score (nSPS) is 12.6. The molecule has 8 nitrogen and oxygen atoms in total. The first-order valence-electron chi connectivity index (χ1n) is 10.9. The molecule has 0 bridgehead atoms. The van der Waals surface area contributed by atoms with Crippen LogP contribution in [0.1, 0.15) is 12.5 Å². The first kappa shape index (κ1) is 23.4. The highest BCUT2D eigenvalue weighted by molar-refractivity contribution is 7.92. The number of hydrogen-bond acceptors (Lipinski definition) is 6. The molecule has 1 aliphatic heterocycles. The summed E-state index contributed by atoms with van der Waals surface area (Å²) in [7, 11) is -4.02. The monoisotopic (exact) mass is 482 g/mol. The van der Waals surface area contributed by atoms with E-state index < -0.39 is 22.5 Å². The molecular formula is C25H26N2O6S. The molecule has 1 amide bonds. The molecule has 9 heteroatoms. The summed E-state index contributed by atoms with van der Waals surface area (Å²) in [4.78, 5) is 13.0. The van der Waals surface area contributed by atoms with Gasteiger partial charge in [-0.3, -0.25) is 9.10 Å². The second-order valence-electron chi connectivity index (χ2n) is 7.51. The Morgan fingerprint density at radius 3 is 2.50 bits per heavy atom. The highest BCUT2D eigenvalue weighted by Crippen LogP contribution is 2.35. The van der Waals surface area contributed by atoms with Crippen LogP contribution in [0.2, 0.25) is 0 Å². The van der Waals surface area contributed by atoms with E-state index in [1.807, 2.05) is 31.2 Å². The zero-order valence-electron chi connectivity index (χ0n) is 18.8. The van der Waals surface area contributed by atoms with E-state index in [-0.39, 0.29) is 11.4 Å². The lowest BCUT2D eigenvalue weighted by atomic mass is 10.2. The number of nitrogens with one attached hydrogen (secondary N) is 1. The van der Waals surface area contributed by atoms with Crippen LogP contribution in [0.4, 0.5) is 5.69 Å². The summed E-state index contributed by atoms with van der Waals surface area (Å²) in [5, 5.41) is 2.80. The van der Waals surface area contributed by atoms with Crippen molar-refractivity contribution in [2.75, 3.05) is 30.7 Å². The molecule has 1 N–H and O–H groups in total. The number of sulfonamides is 1. The molecule has 0 aromatic heterocycles. The van der Waals surface area contributed by atoms with Gasteiger partial charge in [0.25, 0.3) is 10.0 Å². The molecule has 34 heavy (non-hydrogen) atoms. The molecule has 178 valence electrons. The van der Waals surface area contributed by atoms with Crippen LogP contribution in [-0.4, -0.2) is 40.7 Å². The molecule has 0 atom stereocenters. The summed E-state index contributed by atoms with van der Waals surface area (Å²) < 4.78 is 44.7. The van der Waals surface area contributed by atoms with Gasteiger partial charge in [-0.05, 0) is 48.9 Å². The highest BCUT2D eigenvalue weighted by atomic mass is 32.2. The van der Waals surface area contributed by atoms with Crippen LogP contribution in [0.25, 0.3) is 0 Å². The van der Waals surface area contributed by atoms with E-state index in [1.54, 1.807) is 36.4 Å². The summed E-state index contributed by atoms with van der Waals surface area (Å²) in [6.45, 7) is 3.06. The summed E-state index contributed by atoms with van der Waals surface area (Å²) >= 11 is 0. The van der Waals surface area contributed by atoms with Crippen LogP contribution in [0.5, 0.6) is 17.2 Å². The van der Waals surface area contributed by atoms with Crippen molar-refractivity contribution >= 4 is 21.6 Å². The van der Waals surface area contributed by atoms with Gasteiger partial charge in [-0.2, -0.15) is 0 Å². The fourth-order valence-corrected chi connectivity index (χ4v) is 4.95. The minimum Gasteiger partial charge on any atom is -0.494 e. The number of hydrogen-bond donors (Lipinski definition) is 1. The number of amides is 1. The number of carbonyl (C=O) groups excluding carboxylic acids is 1. The Morgan fingerprint density at radius 2 is 1.74 bits per heavy atom.